The first kappa shape index (κ1) is 23.1. The summed E-state index contributed by atoms with van der Waals surface area (Å²) in [5.41, 5.74) is 2.29. The number of rotatable bonds is 6. The van der Waals surface area contributed by atoms with Crippen LogP contribution in [0.25, 0.3) is 21.1 Å². The van der Waals surface area contributed by atoms with Crippen LogP contribution >= 0.6 is 22.9 Å². The van der Waals surface area contributed by atoms with E-state index in [1.165, 1.54) is 17.5 Å². The second kappa shape index (κ2) is 9.56. The van der Waals surface area contributed by atoms with E-state index in [0.29, 0.717) is 33.8 Å². The lowest BCUT2D eigenvalue weighted by atomic mass is 10.1. The molecule has 3 N–H and O–H groups in total. The van der Waals surface area contributed by atoms with Crippen LogP contribution in [-0.4, -0.2) is 58.0 Å². The number of halogens is 1. The Kier molecular flexibility index (Phi) is 6.32. The highest BCUT2D eigenvalue weighted by atomic mass is 35.5. The van der Waals surface area contributed by atoms with Crippen LogP contribution in [0.4, 0.5) is 5.69 Å². The minimum Gasteiger partial charge on any atom is -0.418 e. The summed E-state index contributed by atoms with van der Waals surface area (Å²) >= 11 is 7.28. The maximum absolute atomic E-state index is 12.7. The van der Waals surface area contributed by atoms with Gasteiger partial charge in [0.1, 0.15) is 10.9 Å². The van der Waals surface area contributed by atoms with Crippen molar-refractivity contribution in [1.82, 2.24) is 30.6 Å². The lowest BCUT2D eigenvalue weighted by Crippen LogP contribution is -2.44. The Morgan fingerprint density at radius 1 is 1.29 bits per heavy atom. The molecule has 180 valence electrons. The summed E-state index contributed by atoms with van der Waals surface area (Å²) in [6.45, 7) is 2.83. The minimum atomic E-state index is -0.625. The second-order valence-electron chi connectivity index (χ2n) is 7.55. The molecule has 1 aliphatic heterocycles. The van der Waals surface area contributed by atoms with Gasteiger partial charge in [-0.05, 0) is 30.7 Å². The molecule has 0 fully saturated rings. The van der Waals surface area contributed by atoms with Crippen LogP contribution in [-0.2, 0) is 16.1 Å². The van der Waals surface area contributed by atoms with Gasteiger partial charge in [0.15, 0.2) is 0 Å². The summed E-state index contributed by atoms with van der Waals surface area (Å²) in [4.78, 5) is 42.8. The van der Waals surface area contributed by atoms with Gasteiger partial charge in [-0.15, -0.1) is 11.3 Å². The number of likely N-dealkylation sites (N-methyl/N-ethyl adjacent to an activating group) is 1. The fraction of sp³-hybridized carbons (Fsp3) is 0.273. The van der Waals surface area contributed by atoms with Crippen molar-refractivity contribution in [2.24, 2.45) is 0 Å². The van der Waals surface area contributed by atoms with Crippen LogP contribution < -0.4 is 20.7 Å². The normalized spacial score (nSPS) is 15.3. The molecule has 13 heteroatoms. The lowest BCUT2D eigenvalue weighted by molar-refractivity contribution is -0.121. The Hall–Kier alpha value is -3.61. The van der Waals surface area contributed by atoms with E-state index in [1.807, 2.05) is 13.0 Å². The molecule has 0 bridgehead atoms. The summed E-state index contributed by atoms with van der Waals surface area (Å²) < 4.78 is 12.2. The number of amides is 2. The second-order valence-corrected chi connectivity index (χ2v) is 8.94. The largest absolute Gasteiger partial charge is 0.418 e. The van der Waals surface area contributed by atoms with E-state index in [-0.39, 0.29) is 42.0 Å². The number of ether oxygens (including phenoxy) is 2. The molecule has 1 atom stereocenters. The Balaban J connectivity index is 1.56. The zero-order valence-corrected chi connectivity index (χ0v) is 20.3. The van der Waals surface area contributed by atoms with Gasteiger partial charge in [-0.25, -0.2) is 15.0 Å². The molecule has 4 aromatic rings. The third-order valence-corrected chi connectivity index (χ3v) is 6.69. The van der Waals surface area contributed by atoms with E-state index in [2.05, 4.69) is 35.9 Å². The number of nitrogens with one attached hydrogen (secondary N) is 3. The maximum atomic E-state index is 12.7. The molecule has 0 spiro atoms. The molecule has 0 unspecified atom stereocenters. The molecule has 0 aliphatic carbocycles. The van der Waals surface area contributed by atoms with Crippen molar-refractivity contribution in [2.75, 3.05) is 25.5 Å². The predicted octanol–water partition coefficient (Wildman–Crippen LogP) is 2.89. The van der Waals surface area contributed by atoms with Crippen molar-refractivity contribution in [3.8, 4) is 11.8 Å². The van der Waals surface area contributed by atoms with Crippen molar-refractivity contribution in [2.45, 2.75) is 19.6 Å². The van der Waals surface area contributed by atoms with Crippen molar-refractivity contribution in [1.29, 1.82) is 0 Å². The molecule has 3 aromatic heterocycles. The van der Waals surface area contributed by atoms with Gasteiger partial charge in [-0.3, -0.25) is 9.59 Å². The number of anilines is 1. The Morgan fingerprint density at radius 3 is 2.94 bits per heavy atom. The van der Waals surface area contributed by atoms with Crippen LogP contribution in [0.2, 0.25) is 5.28 Å². The first-order valence-corrected chi connectivity index (χ1v) is 11.9. The summed E-state index contributed by atoms with van der Waals surface area (Å²) in [7, 11) is 1.55. The van der Waals surface area contributed by atoms with Crippen LogP contribution in [0.15, 0.2) is 24.5 Å². The van der Waals surface area contributed by atoms with E-state index in [9.17, 15) is 9.59 Å². The molecule has 0 radical (unpaired) electrons. The zero-order valence-electron chi connectivity index (χ0n) is 18.7. The summed E-state index contributed by atoms with van der Waals surface area (Å²) in [5, 5.41) is 9.37. The van der Waals surface area contributed by atoms with Gasteiger partial charge in [0.2, 0.25) is 23.0 Å². The number of fused-ring (bicyclic) bond motifs is 5. The molecule has 2 amide bonds. The minimum absolute atomic E-state index is 0.0340. The summed E-state index contributed by atoms with van der Waals surface area (Å²) in [5.74, 6) is -0.0431. The third kappa shape index (κ3) is 4.43. The molecule has 35 heavy (non-hydrogen) atoms. The molecule has 11 nitrogen and oxygen atoms in total. The molecule has 5 rings (SSSR count). The quantitative estimate of drug-likeness (QED) is 0.332. The smallest absolute Gasteiger partial charge is 0.263 e. The number of hydrogen-bond donors (Lipinski definition) is 3. The third-order valence-electron chi connectivity index (χ3n) is 5.35. The highest BCUT2D eigenvalue weighted by molar-refractivity contribution is 7.21. The fourth-order valence-corrected chi connectivity index (χ4v) is 4.91. The van der Waals surface area contributed by atoms with E-state index in [4.69, 9.17) is 21.1 Å². The Morgan fingerprint density at radius 2 is 2.14 bits per heavy atom. The van der Waals surface area contributed by atoms with Crippen LogP contribution in [0.3, 0.4) is 0 Å². The zero-order chi connectivity index (χ0) is 24.5. The van der Waals surface area contributed by atoms with Gasteiger partial charge in [-0.2, -0.15) is 4.98 Å². The number of benzene rings is 1. The van der Waals surface area contributed by atoms with Crippen molar-refractivity contribution in [3.63, 3.8) is 0 Å². The van der Waals surface area contributed by atoms with Crippen LogP contribution in [0.1, 0.15) is 22.2 Å². The van der Waals surface area contributed by atoms with E-state index in [1.54, 1.807) is 19.3 Å². The molecule has 1 aromatic carbocycles. The maximum Gasteiger partial charge on any atom is 0.263 e. The topological polar surface area (TPSA) is 140 Å². The molecule has 4 heterocycles. The number of hydrogen-bond acceptors (Lipinski definition) is 10. The molecular weight excluding hydrogens is 494 g/mol. The van der Waals surface area contributed by atoms with Gasteiger partial charge in [0, 0.05) is 36.5 Å². The predicted molar refractivity (Wildman–Crippen MR) is 131 cm³/mol. The Labute approximate surface area is 208 Å². The average molecular weight is 514 g/mol. The number of carbonyl (C=O) groups excluding carboxylic acids is 2. The number of thiophene rings is 1. The standard InChI is InChI=1S/C22H20ClN7O4S/c1-3-33-9-10-6-27-22(23)30-21(10)34-14-8-25-16-11(28-14)4-5-13-15(16)17-18(35-13)20(32)26-7-12(29-17)19(31)24-2/h4-6,8,12,29H,3,7,9H2,1-2H3,(H,24,31)(H,26,32)/t12-/m1/s1. The molecule has 0 saturated carbocycles. The summed E-state index contributed by atoms with van der Waals surface area (Å²) in [6, 6.07) is 3.04. The van der Waals surface area contributed by atoms with E-state index >= 15 is 0 Å². The Bertz CT molecular complexity index is 1460. The van der Waals surface area contributed by atoms with Gasteiger partial charge in [0.05, 0.1) is 35.1 Å². The van der Waals surface area contributed by atoms with Crippen LogP contribution in [0, 0.1) is 0 Å². The fourth-order valence-electron chi connectivity index (χ4n) is 3.70. The van der Waals surface area contributed by atoms with Crippen molar-refractivity contribution >= 4 is 61.6 Å². The molecular formula is C22H20ClN7O4S. The highest BCUT2D eigenvalue weighted by Crippen LogP contribution is 2.40. The van der Waals surface area contributed by atoms with Crippen molar-refractivity contribution in [3.05, 3.63) is 40.3 Å². The van der Waals surface area contributed by atoms with Gasteiger partial charge in [0.25, 0.3) is 5.91 Å². The van der Waals surface area contributed by atoms with Crippen LogP contribution in [0.5, 0.6) is 11.8 Å². The molecule has 0 saturated heterocycles. The lowest BCUT2D eigenvalue weighted by Gasteiger charge is -2.15. The molecule has 1 aliphatic rings. The highest BCUT2D eigenvalue weighted by Gasteiger charge is 2.29. The summed E-state index contributed by atoms with van der Waals surface area (Å²) in [6.07, 6.45) is 3.01. The van der Waals surface area contributed by atoms with Gasteiger partial charge < -0.3 is 25.4 Å². The first-order valence-electron chi connectivity index (χ1n) is 10.7. The number of carbonyl (C=O) groups is 2. The number of aromatic nitrogens is 4. The van der Waals surface area contributed by atoms with Crippen molar-refractivity contribution < 1.29 is 19.1 Å². The number of nitrogens with zero attached hydrogens (tertiary/aromatic N) is 4. The van der Waals surface area contributed by atoms with E-state index in [0.717, 1.165) is 10.1 Å². The monoisotopic (exact) mass is 513 g/mol. The first-order chi connectivity index (χ1) is 17.0. The SMILES string of the molecule is CCOCc1cnc(Cl)nc1Oc1cnc2c(ccc3sc4c(c32)N[C@@H](C(=O)NC)CNC4=O)n1. The van der Waals surface area contributed by atoms with Gasteiger partial charge in [-0.1, -0.05) is 0 Å². The van der Waals surface area contributed by atoms with Gasteiger partial charge >= 0.3 is 0 Å². The average Bonchev–Trinajstić information content (AvgIpc) is 3.16. The van der Waals surface area contributed by atoms with E-state index < -0.39 is 6.04 Å².